The van der Waals surface area contributed by atoms with Crippen molar-refractivity contribution in [2.45, 2.75) is 50.8 Å². The maximum atomic E-state index is 4.82. The number of nitrogens with zero attached hydrogens (tertiary/aromatic N) is 1. The van der Waals surface area contributed by atoms with Crippen LogP contribution in [0.1, 0.15) is 54.1 Å². The summed E-state index contributed by atoms with van der Waals surface area (Å²) in [5.41, 5.74) is 1.41. The number of thioether (sulfide) groups is 1. The van der Waals surface area contributed by atoms with Crippen molar-refractivity contribution in [3.8, 4) is 0 Å². The smallest absolute Gasteiger partial charge is 0.103 e. The van der Waals surface area contributed by atoms with Crippen LogP contribution in [-0.4, -0.2) is 17.8 Å². The molecular weight excluding hydrogens is 248 g/mol. The molecule has 2 rings (SSSR count). The highest BCUT2D eigenvalue weighted by Crippen LogP contribution is 2.42. The van der Waals surface area contributed by atoms with E-state index in [1.54, 1.807) is 0 Å². The Labute approximate surface area is 113 Å². The second-order valence-corrected chi connectivity index (χ2v) is 6.69. The molecule has 0 aliphatic heterocycles. The quantitative estimate of drug-likeness (QED) is 0.728. The summed E-state index contributed by atoms with van der Waals surface area (Å²) in [6, 6.07) is 0. The summed E-state index contributed by atoms with van der Waals surface area (Å²) in [4.78, 5) is 6.31. The lowest BCUT2D eigenvalue weighted by Gasteiger charge is -2.03. The Balaban J connectivity index is 1.93. The van der Waals surface area contributed by atoms with Gasteiger partial charge < -0.3 is 5.32 Å². The highest BCUT2D eigenvalue weighted by atomic mass is 32.2. The van der Waals surface area contributed by atoms with Gasteiger partial charge >= 0.3 is 0 Å². The van der Waals surface area contributed by atoms with Gasteiger partial charge in [-0.2, -0.15) is 11.8 Å². The highest BCUT2D eigenvalue weighted by Gasteiger charge is 2.29. The fourth-order valence-electron chi connectivity index (χ4n) is 1.91. The van der Waals surface area contributed by atoms with Crippen molar-refractivity contribution in [3.05, 3.63) is 15.6 Å². The van der Waals surface area contributed by atoms with Crippen LogP contribution in [0.2, 0.25) is 0 Å². The lowest BCUT2D eigenvalue weighted by atomic mass is 10.2. The van der Waals surface area contributed by atoms with Gasteiger partial charge in [0, 0.05) is 23.1 Å². The number of rotatable bonds is 8. The minimum atomic E-state index is 0.782. The third-order valence-corrected chi connectivity index (χ3v) is 4.81. The molecular formula is C13H22N2S2. The predicted molar refractivity (Wildman–Crippen MR) is 77.9 cm³/mol. The van der Waals surface area contributed by atoms with Crippen LogP contribution in [0.4, 0.5) is 0 Å². The summed E-state index contributed by atoms with van der Waals surface area (Å²) in [6.45, 7) is 4.40. The van der Waals surface area contributed by atoms with Crippen LogP contribution in [0.5, 0.6) is 0 Å². The van der Waals surface area contributed by atoms with Gasteiger partial charge in [0.25, 0.3) is 0 Å². The van der Waals surface area contributed by atoms with Crippen molar-refractivity contribution in [1.82, 2.24) is 10.3 Å². The van der Waals surface area contributed by atoms with E-state index in [1.165, 1.54) is 41.3 Å². The van der Waals surface area contributed by atoms with Crippen molar-refractivity contribution < 1.29 is 0 Å². The lowest BCUT2D eigenvalue weighted by Crippen LogP contribution is -2.14. The van der Waals surface area contributed by atoms with Gasteiger partial charge in [-0.3, -0.25) is 0 Å². The highest BCUT2D eigenvalue weighted by molar-refractivity contribution is 7.97. The summed E-state index contributed by atoms with van der Waals surface area (Å²) in [7, 11) is 0. The third-order valence-electron chi connectivity index (χ3n) is 3.00. The normalized spacial score (nSPS) is 15.4. The Morgan fingerprint density at radius 2 is 2.29 bits per heavy atom. The first kappa shape index (κ1) is 13.4. The van der Waals surface area contributed by atoms with Gasteiger partial charge in [-0.15, -0.1) is 11.3 Å². The van der Waals surface area contributed by atoms with Crippen molar-refractivity contribution in [2.75, 3.05) is 12.8 Å². The van der Waals surface area contributed by atoms with E-state index in [9.17, 15) is 0 Å². The van der Waals surface area contributed by atoms with Gasteiger partial charge in [-0.1, -0.05) is 13.3 Å². The van der Waals surface area contributed by atoms with E-state index in [0.717, 1.165) is 24.8 Å². The number of hydrogen-bond donors (Lipinski definition) is 1. The lowest BCUT2D eigenvalue weighted by molar-refractivity contribution is 0.642. The second kappa shape index (κ2) is 6.76. The Kier molecular flexibility index (Phi) is 5.32. The molecule has 0 bridgehead atoms. The fraction of sp³-hybridized carbons (Fsp3) is 0.769. The molecule has 4 heteroatoms. The Hall–Kier alpha value is -0.0600. The summed E-state index contributed by atoms with van der Waals surface area (Å²) >= 11 is 3.78. The monoisotopic (exact) mass is 270 g/mol. The molecule has 96 valence electrons. The molecule has 1 aromatic rings. The largest absolute Gasteiger partial charge is 0.312 e. The van der Waals surface area contributed by atoms with E-state index in [4.69, 9.17) is 4.98 Å². The zero-order valence-corrected chi connectivity index (χ0v) is 12.4. The van der Waals surface area contributed by atoms with Crippen LogP contribution < -0.4 is 5.32 Å². The zero-order valence-electron chi connectivity index (χ0n) is 10.8. The van der Waals surface area contributed by atoms with E-state index >= 15 is 0 Å². The van der Waals surface area contributed by atoms with Crippen molar-refractivity contribution >= 4 is 23.1 Å². The number of thiazole rings is 1. The molecule has 0 radical (unpaired) electrons. The van der Waals surface area contributed by atoms with Crippen LogP contribution in [0.3, 0.4) is 0 Å². The molecule has 1 heterocycles. The number of nitrogens with one attached hydrogen (secondary N) is 1. The van der Waals surface area contributed by atoms with Crippen molar-refractivity contribution in [2.24, 2.45) is 0 Å². The minimum Gasteiger partial charge on any atom is -0.312 e. The molecule has 0 spiro atoms. The molecule has 0 aromatic carbocycles. The van der Waals surface area contributed by atoms with Gasteiger partial charge in [0.05, 0.1) is 5.69 Å². The Bertz CT molecular complexity index is 345. The molecule has 0 atom stereocenters. The first-order chi connectivity index (χ1) is 8.35. The summed E-state index contributed by atoms with van der Waals surface area (Å²) in [6.07, 6.45) is 7.39. The molecule has 1 aliphatic rings. The number of aromatic nitrogens is 1. The summed E-state index contributed by atoms with van der Waals surface area (Å²) < 4.78 is 0. The zero-order chi connectivity index (χ0) is 12.1. The van der Waals surface area contributed by atoms with Gasteiger partial charge in [0.2, 0.25) is 0 Å². The van der Waals surface area contributed by atoms with Gasteiger partial charge in [-0.05, 0) is 32.1 Å². The maximum absolute atomic E-state index is 4.82. The predicted octanol–water partition coefficient (Wildman–Crippen LogP) is 3.77. The van der Waals surface area contributed by atoms with Crippen LogP contribution >= 0.6 is 23.1 Å². The van der Waals surface area contributed by atoms with E-state index in [1.807, 2.05) is 23.1 Å². The average molecular weight is 270 g/mol. The van der Waals surface area contributed by atoms with Gasteiger partial charge in [0.15, 0.2) is 0 Å². The van der Waals surface area contributed by atoms with E-state index in [2.05, 4.69) is 18.5 Å². The first-order valence-electron chi connectivity index (χ1n) is 6.53. The van der Waals surface area contributed by atoms with E-state index in [0.29, 0.717) is 0 Å². The fourth-order valence-corrected chi connectivity index (χ4v) is 3.73. The minimum absolute atomic E-state index is 0.782. The van der Waals surface area contributed by atoms with Crippen molar-refractivity contribution in [3.63, 3.8) is 0 Å². The van der Waals surface area contributed by atoms with E-state index in [-0.39, 0.29) is 0 Å². The molecule has 1 saturated carbocycles. The molecule has 0 unspecified atom stereocenters. The molecule has 1 aromatic heterocycles. The van der Waals surface area contributed by atoms with Gasteiger partial charge in [0.1, 0.15) is 5.01 Å². The number of unbranched alkanes of at least 4 members (excludes halogenated alkanes) is 1. The molecule has 17 heavy (non-hydrogen) atoms. The Morgan fingerprint density at radius 1 is 1.47 bits per heavy atom. The molecule has 1 N–H and O–H groups in total. The third kappa shape index (κ3) is 3.97. The summed E-state index contributed by atoms with van der Waals surface area (Å²) in [5, 5.41) is 4.86. The summed E-state index contributed by atoms with van der Waals surface area (Å²) in [5.74, 6) is 1.85. The SMILES string of the molecule is CCCCNCc1sc(CSC)nc1C1CC1. The molecule has 0 saturated heterocycles. The second-order valence-electron chi connectivity index (χ2n) is 4.65. The molecule has 1 aliphatic carbocycles. The molecule has 1 fully saturated rings. The Morgan fingerprint density at radius 3 is 2.94 bits per heavy atom. The van der Waals surface area contributed by atoms with Crippen LogP contribution in [-0.2, 0) is 12.3 Å². The topological polar surface area (TPSA) is 24.9 Å². The van der Waals surface area contributed by atoms with Gasteiger partial charge in [-0.25, -0.2) is 4.98 Å². The molecule has 2 nitrogen and oxygen atoms in total. The van der Waals surface area contributed by atoms with Crippen LogP contribution in [0.25, 0.3) is 0 Å². The van der Waals surface area contributed by atoms with E-state index < -0.39 is 0 Å². The maximum Gasteiger partial charge on any atom is 0.103 e. The van der Waals surface area contributed by atoms with Crippen LogP contribution in [0.15, 0.2) is 0 Å². The van der Waals surface area contributed by atoms with Crippen LogP contribution in [0, 0.1) is 0 Å². The molecule has 0 amide bonds. The first-order valence-corrected chi connectivity index (χ1v) is 8.74. The standard InChI is InChI=1S/C13H22N2S2/c1-3-4-7-14-8-11-13(10-5-6-10)15-12(17-11)9-16-2/h10,14H,3-9H2,1-2H3. The average Bonchev–Trinajstić information content (AvgIpc) is 3.09. The van der Waals surface area contributed by atoms with Crippen molar-refractivity contribution in [1.29, 1.82) is 0 Å². The number of hydrogen-bond acceptors (Lipinski definition) is 4.